The van der Waals surface area contributed by atoms with Gasteiger partial charge in [0.1, 0.15) is 5.69 Å². The molecule has 7 nitrogen and oxygen atoms in total. The van der Waals surface area contributed by atoms with Gasteiger partial charge in [0.2, 0.25) is 5.13 Å². The molecule has 0 spiro atoms. The third kappa shape index (κ3) is 4.70. The summed E-state index contributed by atoms with van der Waals surface area (Å²) in [6.07, 6.45) is 5.62. The van der Waals surface area contributed by atoms with Crippen LogP contribution in [0.3, 0.4) is 0 Å². The van der Waals surface area contributed by atoms with Gasteiger partial charge in [0.05, 0.1) is 35.2 Å². The second-order valence-electron chi connectivity index (χ2n) is 8.38. The number of rotatable bonds is 7. The Kier molecular flexibility index (Phi) is 6.14. The highest BCUT2D eigenvalue weighted by molar-refractivity contribution is 7.14. The number of thiazole rings is 1. The van der Waals surface area contributed by atoms with Gasteiger partial charge < -0.3 is 0 Å². The van der Waals surface area contributed by atoms with Crippen LogP contribution in [0.5, 0.6) is 0 Å². The van der Waals surface area contributed by atoms with Crippen LogP contribution in [0.1, 0.15) is 11.3 Å². The van der Waals surface area contributed by atoms with Crippen LogP contribution >= 0.6 is 11.3 Å². The molecule has 3 heterocycles. The fourth-order valence-electron chi connectivity index (χ4n) is 4.10. The summed E-state index contributed by atoms with van der Waals surface area (Å²) in [4.78, 5) is 4.66. The van der Waals surface area contributed by atoms with Crippen molar-refractivity contribution < 1.29 is 0 Å². The zero-order valence-corrected chi connectivity index (χ0v) is 20.9. The average molecular weight is 502 g/mol. The Morgan fingerprint density at radius 1 is 0.865 bits per heavy atom. The normalized spacial score (nSPS) is 11.3. The summed E-state index contributed by atoms with van der Waals surface area (Å²) in [6, 6.07) is 30.2. The van der Waals surface area contributed by atoms with E-state index in [-0.39, 0.29) is 0 Å². The predicted molar refractivity (Wildman–Crippen MR) is 150 cm³/mol. The van der Waals surface area contributed by atoms with E-state index in [1.807, 2.05) is 118 Å². The molecule has 0 aliphatic carbocycles. The number of aromatic nitrogens is 5. The molecular weight excluding hydrogens is 478 g/mol. The third-order valence-corrected chi connectivity index (χ3v) is 6.71. The molecule has 3 aromatic carbocycles. The minimum atomic E-state index is 0.722. The lowest BCUT2D eigenvalue weighted by Gasteiger charge is -2.05. The van der Waals surface area contributed by atoms with E-state index in [9.17, 15) is 0 Å². The number of benzene rings is 3. The van der Waals surface area contributed by atoms with Crippen molar-refractivity contribution in [1.82, 2.24) is 24.5 Å². The molecule has 0 saturated heterocycles. The first-order valence-electron chi connectivity index (χ1n) is 11.8. The zero-order valence-electron chi connectivity index (χ0n) is 20.1. The molecule has 0 aliphatic heterocycles. The Bertz CT molecular complexity index is 1650. The first kappa shape index (κ1) is 22.6. The summed E-state index contributed by atoms with van der Waals surface area (Å²) in [6.45, 7) is 2.05. The molecule has 8 heteroatoms. The summed E-state index contributed by atoms with van der Waals surface area (Å²) in [5.41, 5.74) is 10.7. The van der Waals surface area contributed by atoms with E-state index < -0.39 is 0 Å². The van der Waals surface area contributed by atoms with Gasteiger partial charge in [-0.15, -0.1) is 11.3 Å². The maximum Gasteiger partial charge on any atom is 0.203 e. The van der Waals surface area contributed by atoms with Crippen LogP contribution < -0.4 is 5.43 Å². The van der Waals surface area contributed by atoms with Crippen LogP contribution in [0.4, 0.5) is 5.13 Å². The molecule has 3 aromatic heterocycles. The summed E-state index contributed by atoms with van der Waals surface area (Å²) < 4.78 is 3.80. The maximum absolute atomic E-state index is 4.92. The van der Waals surface area contributed by atoms with Gasteiger partial charge in [-0.2, -0.15) is 15.3 Å². The van der Waals surface area contributed by atoms with Crippen molar-refractivity contribution in [3.05, 3.63) is 120 Å². The van der Waals surface area contributed by atoms with Crippen molar-refractivity contribution in [3.8, 4) is 33.9 Å². The van der Waals surface area contributed by atoms with Gasteiger partial charge in [-0.3, -0.25) is 5.43 Å². The van der Waals surface area contributed by atoms with Crippen molar-refractivity contribution in [2.24, 2.45) is 5.10 Å². The number of hydrogen-bond donors (Lipinski definition) is 1. The Morgan fingerprint density at radius 2 is 1.54 bits per heavy atom. The van der Waals surface area contributed by atoms with Gasteiger partial charge in [0.25, 0.3) is 0 Å². The fraction of sp³-hybridized carbons (Fsp3) is 0.0345. The lowest BCUT2D eigenvalue weighted by molar-refractivity contribution is 0.846. The molecule has 0 saturated carbocycles. The molecule has 0 atom stereocenters. The van der Waals surface area contributed by atoms with Crippen molar-refractivity contribution in [1.29, 1.82) is 0 Å². The number of anilines is 1. The van der Waals surface area contributed by atoms with Crippen molar-refractivity contribution in [2.45, 2.75) is 6.92 Å². The SMILES string of the molecule is Cc1c(-c2nn(-c3ccccc3)cc2/C=N/Nc2nc(-c3ccccc3)cs2)cnn1-c1ccccc1. The second-order valence-corrected chi connectivity index (χ2v) is 9.24. The van der Waals surface area contributed by atoms with Crippen LogP contribution in [0.15, 0.2) is 114 Å². The monoisotopic (exact) mass is 501 g/mol. The predicted octanol–water partition coefficient (Wildman–Crippen LogP) is 6.60. The quantitative estimate of drug-likeness (QED) is 0.198. The Morgan fingerprint density at radius 3 is 2.27 bits per heavy atom. The van der Waals surface area contributed by atoms with Crippen LogP contribution in [-0.2, 0) is 0 Å². The lowest BCUT2D eigenvalue weighted by atomic mass is 10.1. The van der Waals surface area contributed by atoms with Crippen LogP contribution in [0.2, 0.25) is 0 Å². The summed E-state index contributed by atoms with van der Waals surface area (Å²) >= 11 is 1.52. The molecule has 0 amide bonds. The average Bonchev–Trinajstić information content (AvgIpc) is 3.69. The highest BCUT2D eigenvalue weighted by Crippen LogP contribution is 2.28. The number of nitrogens with one attached hydrogen (secondary N) is 1. The van der Waals surface area contributed by atoms with E-state index in [4.69, 9.17) is 5.10 Å². The number of nitrogens with zero attached hydrogens (tertiary/aromatic N) is 6. The van der Waals surface area contributed by atoms with E-state index in [1.54, 1.807) is 6.21 Å². The maximum atomic E-state index is 4.92. The first-order valence-corrected chi connectivity index (χ1v) is 12.7. The van der Waals surface area contributed by atoms with Gasteiger partial charge in [0, 0.05) is 28.3 Å². The Labute approximate surface area is 218 Å². The molecule has 0 aliphatic rings. The molecule has 0 radical (unpaired) electrons. The van der Waals surface area contributed by atoms with Gasteiger partial charge in [0.15, 0.2) is 0 Å². The van der Waals surface area contributed by atoms with E-state index in [2.05, 4.69) is 27.5 Å². The minimum absolute atomic E-state index is 0.722. The summed E-state index contributed by atoms with van der Waals surface area (Å²) in [7, 11) is 0. The molecule has 6 rings (SSSR count). The first-order chi connectivity index (χ1) is 18.3. The molecule has 37 heavy (non-hydrogen) atoms. The number of hydrazone groups is 1. The number of para-hydroxylation sites is 2. The van der Waals surface area contributed by atoms with Gasteiger partial charge in [-0.1, -0.05) is 66.7 Å². The third-order valence-electron chi connectivity index (χ3n) is 5.97. The summed E-state index contributed by atoms with van der Waals surface area (Å²) in [5.74, 6) is 0. The highest BCUT2D eigenvalue weighted by atomic mass is 32.1. The molecule has 6 aromatic rings. The molecule has 0 fully saturated rings. The Balaban J connectivity index is 1.33. The molecule has 180 valence electrons. The van der Waals surface area contributed by atoms with Gasteiger partial charge in [-0.05, 0) is 31.2 Å². The second kappa shape index (κ2) is 10.0. The van der Waals surface area contributed by atoms with Crippen LogP contribution in [0.25, 0.3) is 33.9 Å². The molecular formula is C29H23N7S. The molecule has 0 bridgehead atoms. The Hall–Kier alpha value is -4.82. The topological polar surface area (TPSA) is 72.9 Å². The highest BCUT2D eigenvalue weighted by Gasteiger charge is 2.17. The van der Waals surface area contributed by atoms with Crippen LogP contribution in [-0.4, -0.2) is 30.8 Å². The fourth-order valence-corrected chi connectivity index (χ4v) is 4.77. The van der Waals surface area contributed by atoms with Crippen molar-refractivity contribution >= 4 is 22.7 Å². The van der Waals surface area contributed by atoms with E-state index >= 15 is 0 Å². The zero-order chi connectivity index (χ0) is 25.0. The van der Waals surface area contributed by atoms with Crippen molar-refractivity contribution in [2.75, 3.05) is 5.43 Å². The van der Waals surface area contributed by atoms with Crippen molar-refractivity contribution in [3.63, 3.8) is 0 Å². The van der Waals surface area contributed by atoms with E-state index in [0.717, 1.165) is 50.3 Å². The summed E-state index contributed by atoms with van der Waals surface area (Å²) in [5, 5.41) is 16.8. The largest absolute Gasteiger partial charge is 0.253 e. The standard InChI is InChI=1S/C29H23N7S/c1-21-26(18-31-36(21)25-15-9-4-10-16-25)28-23(19-35(34-28)24-13-7-3-8-14-24)17-30-33-29-32-27(20-37-29)22-11-5-2-6-12-22/h2-20H,1H3,(H,32,33)/b30-17+. The van der Waals surface area contributed by atoms with E-state index in [1.165, 1.54) is 11.3 Å². The number of hydrogen-bond acceptors (Lipinski definition) is 6. The molecule has 0 unspecified atom stereocenters. The van der Waals surface area contributed by atoms with E-state index in [0.29, 0.717) is 0 Å². The van der Waals surface area contributed by atoms with Gasteiger partial charge >= 0.3 is 0 Å². The smallest absolute Gasteiger partial charge is 0.203 e. The molecule has 1 N–H and O–H groups in total. The minimum Gasteiger partial charge on any atom is -0.253 e. The lowest BCUT2D eigenvalue weighted by Crippen LogP contribution is -1.99. The van der Waals surface area contributed by atoms with Crippen LogP contribution in [0, 0.1) is 6.92 Å². The van der Waals surface area contributed by atoms with Gasteiger partial charge in [-0.25, -0.2) is 14.3 Å².